The van der Waals surface area contributed by atoms with Crippen molar-refractivity contribution >= 4 is 17.7 Å². The van der Waals surface area contributed by atoms with Crippen molar-refractivity contribution in [2.45, 2.75) is 18.6 Å². The van der Waals surface area contributed by atoms with Gasteiger partial charge in [0.15, 0.2) is 11.0 Å². The molecule has 0 aliphatic rings. The Bertz CT molecular complexity index is 1180. The number of amides is 1. The summed E-state index contributed by atoms with van der Waals surface area (Å²) in [7, 11) is 0. The highest BCUT2D eigenvalue weighted by Gasteiger charge is 2.16. The Hall–Kier alpha value is -3.65. The molecule has 4 rings (SSSR count). The summed E-state index contributed by atoms with van der Waals surface area (Å²) >= 11 is 1.36. The van der Waals surface area contributed by atoms with Gasteiger partial charge < -0.3 is 10.1 Å². The number of nitrogens with zero attached hydrogens (tertiary/aromatic N) is 4. The van der Waals surface area contributed by atoms with E-state index in [9.17, 15) is 4.79 Å². The van der Waals surface area contributed by atoms with Crippen molar-refractivity contribution in [3.05, 3.63) is 90.3 Å². The highest BCUT2D eigenvalue weighted by Crippen LogP contribution is 2.24. The number of carbonyl (C=O) groups excluding carboxylic acids is 1. The van der Waals surface area contributed by atoms with Crippen molar-refractivity contribution in [1.29, 1.82) is 0 Å². The first kappa shape index (κ1) is 22.5. The number of aryl methyl sites for hydroxylation is 1. The number of ether oxygens (including phenoxy) is 1. The molecule has 1 N–H and O–H groups in total. The Labute approximate surface area is 197 Å². The third kappa shape index (κ3) is 6.43. The maximum absolute atomic E-state index is 12.4. The quantitative estimate of drug-likeness (QED) is 0.285. The summed E-state index contributed by atoms with van der Waals surface area (Å²) in [5.41, 5.74) is 3.14. The van der Waals surface area contributed by atoms with E-state index in [0.717, 1.165) is 28.3 Å². The van der Waals surface area contributed by atoms with E-state index in [2.05, 4.69) is 32.6 Å². The van der Waals surface area contributed by atoms with E-state index in [1.165, 1.54) is 11.8 Å². The van der Waals surface area contributed by atoms with Crippen LogP contribution in [0.2, 0.25) is 0 Å². The lowest BCUT2D eigenvalue weighted by atomic mass is 10.2. The third-order valence-electron chi connectivity index (χ3n) is 4.83. The minimum atomic E-state index is -0.0787. The normalized spacial score (nSPS) is 10.7. The fourth-order valence-corrected chi connectivity index (χ4v) is 4.03. The first-order valence-electron chi connectivity index (χ1n) is 10.7. The molecule has 8 heteroatoms. The first-order chi connectivity index (χ1) is 16.2. The van der Waals surface area contributed by atoms with Gasteiger partial charge >= 0.3 is 0 Å². The standard InChI is InChI=1S/C25H25N5O2S/c1-19-7-5-11-22(15-19)32-14-13-27-23(31)18-33-25-29-28-24(21-10-6-12-26-16-21)30(25)17-20-8-3-2-4-9-20/h2-12,15-16H,13-14,17-18H2,1H3,(H,27,31). The molecule has 2 heterocycles. The van der Waals surface area contributed by atoms with E-state index in [1.54, 1.807) is 12.4 Å². The Kier molecular flexibility index (Phi) is 7.71. The van der Waals surface area contributed by atoms with Gasteiger partial charge in [0.2, 0.25) is 5.91 Å². The molecule has 0 atom stereocenters. The zero-order valence-electron chi connectivity index (χ0n) is 18.3. The first-order valence-corrected chi connectivity index (χ1v) is 11.6. The second kappa shape index (κ2) is 11.3. The fourth-order valence-electron chi connectivity index (χ4n) is 3.26. The number of thioether (sulfide) groups is 1. The van der Waals surface area contributed by atoms with Gasteiger partial charge in [0.05, 0.1) is 18.8 Å². The van der Waals surface area contributed by atoms with Crippen LogP contribution in [0.1, 0.15) is 11.1 Å². The molecule has 2 aromatic heterocycles. The summed E-state index contributed by atoms with van der Waals surface area (Å²) in [6, 6.07) is 21.8. The largest absolute Gasteiger partial charge is 0.492 e. The van der Waals surface area contributed by atoms with Crippen LogP contribution < -0.4 is 10.1 Å². The van der Waals surface area contributed by atoms with Gasteiger partial charge in [-0.1, -0.05) is 54.2 Å². The molecular formula is C25H25N5O2S. The molecule has 2 aromatic carbocycles. The van der Waals surface area contributed by atoms with Gasteiger partial charge in [-0.05, 0) is 42.3 Å². The lowest BCUT2D eigenvalue weighted by Crippen LogP contribution is -2.29. The fraction of sp³-hybridized carbons (Fsp3) is 0.200. The second-order valence-corrected chi connectivity index (χ2v) is 8.37. The molecule has 0 radical (unpaired) electrons. The number of aromatic nitrogens is 4. The summed E-state index contributed by atoms with van der Waals surface area (Å²) in [4.78, 5) is 16.6. The second-order valence-electron chi connectivity index (χ2n) is 7.42. The number of nitrogens with one attached hydrogen (secondary N) is 1. The topological polar surface area (TPSA) is 81.9 Å². The maximum Gasteiger partial charge on any atom is 0.230 e. The van der Waals surface area contributed by atoms with E-state index in [1.807, 2.05) is 66.1 Å². The third-order valence-corrected chi connectivity index (χ3v) is 5.80. The molecule has 33 heavy (non-hydrogen) atoms. The van der Waals surface area contributed by atoms with Crippen molar-refractivity contribution < 1.29 is 9.53 Å². The summed E-state index contributed by atoms with van der Waals surface area (Å²) in [6.07, 6.45) is 3.49. The number of hydrogen-bond acceptors (Lipinski definition) is 6. The van der Waals surface area contributed by atoms with E-state index >= 15 is 0 Å². The van der Waals surface area contributed by atoms with Crippen LogP contribution in [0.15, 0.2) is 84.3 Å². The Morgan fingerprint density at radius 3 is 2.73 bits per heavy atom. The SMILES string of the molecule is Cc1cccc(OCCNC(=O)CSc2nnc(-c3cccnc3)n2Cc2ccccc2)c1. The van der Waals surface area contributed by atoms with Crippen LogP contribution in [0.3, 0.4) is 0 Å². The summed E-state index contributed by atoms with van der Waals surface area (Å²) in [5.74, 6) is 1.69. The Balaban J connectivity index is 1.36. The van der Waals surface area contributed by atoms with Gasteiger partial charge in [-0.15, -0.1) is 10.2 Å². The molecule has 7 nitrogen and oxygen atoms in total. The monoisotopic (exact) mass is 459 g/mol. The number of rotatable bonds is 10. The van der Waals surface area contributed by atoms with Crippen LogP contribution >= 0.6 is 11.8 Å². The van der Waals surface area contributed by atoms with Gasteiger partial charge in [0.25, 0.3) is 0 Å². The van der Waals surface area contributed by atoms with Gasteiger partial charge in [-0.2, -0.15) is 0 Å². The molecule has 0 aliphatic heterocycles. The predicted molar refractivity (Wildman–Crippen MR) is 129 cm³/mol. The minimum Gasteiger partial charge on any atom is -0.492 e. The van der Waals surface area contributed by atoms with Crippen LogP contribution in [0.4, 0.5) is 0 Å². The number of benzene rings is 2. The number of pyridine rings is 1. The smallest absolute Gasteiger partial charge is 0.230 e. The molecule has 4 aromatic rings. The molecule has 0 bridgehead atoms. The van der Waals surface area contributed by atoms with E-state index in [4.69, 9.17) is 4.74 Å². The molecule has 0 saturated heterocycles. The van der Waals surface area contributed by atoms with Crippen molar-refractivity contribution in [2.75, 3.05) is 18.9 Å². The van der Waals surface area contributed by atoms with E-state index in [-0.39, 0.29) is 11.7 Å². The maximum atomic E-state index is 12.4. The Morgan fingerprint density at radius 2 is 1.94 bits per heavy atom. The van der Waals surface area contributed by atoms with Gasteiger partial charge in [0, 0.05) is 18.0 Å². The van der Waals surface area contributed by atoms with Crippen LogP contribution in [0.5, 0.6) is 5.75 Å². The van der Waals surface area contributed by atoms with Crippen LogP contribution in [-0.4, -0.2) is 44.6 Å². The molecule has 0 aliphatic carbocycles. The van der Waals surface area contributed by atoms with Gasteiger partial charge in [0.1, 0.15) is 12.4 Å². The lowest BCUT2D eigenvalue weighted by molar-refractivity contribution is -0.118. The van der Waals surface area contributed by atoms with Crippen LogP contribution in [-0.2, 0) is 11.3 Å². The van der Waals surface area contributed by atoms with Crippen molar-refractivity contribution in [3.63, 3.8) is 0 Å². The van der Waals surface area contributed by atoms with Gasteiger partial charge in [-0.25, -0.2) is 0 Å². The molecule has 0 unspecified atom stereocenters. The highest BCUT2D eigenvalue weighted by molar-refractivity contribution is 7.99. The molecule has 0 fully saturated rings. The predicted octanol–water partition coefficient (Wildman–Crippen LogP) is 3.98. The minimum absolute atomic E-state index is 0.0787. The lowest BCUT2D eigenvalue weighted by Gasteiger charge is -2.11. The summed E-state index contributed by atoms with van der Waals surface area (Å²) in [6.45, 7) is 3.47. The van der Waals surface area contributed by atoms with Crippen LogP contribution in [0.25, 0.3) is 11.4 Å². The van der Waals surface area contributed by atoms with Crippen molar-refractivity contribution in [2.24, 2.45) is 0 Å². The molecule has 0 spiro atoms. The molecular weight excluding hydrogens is 434 g/mol. The average Bonchev–Trinajstić information content (AvgIpc) is 3.24. The zero-order chi connectivity index (χ0) is 22.9. The van der Waals surface area contributed by atoms with Gasteiger partial charge in [-0.3, -0.25) is 14.3 Å². The highest BCUT2D eigenvalue weighted by atomic mass is 32.2. The summed E-state index contributed by atoms with van der Waals surface area (Å²) < 4.78 is 7.70. The summed E-state index contributed by atoms with van der Waals surface area (Å²) in [5, 5.41) is 12.3. The van der Waals surface area contributed by atoms with E-state index < -0.39 is 0 Å². The van der Waals surface area contributed by atoms with Crippen molar-refractivity contribution in [1.82, 2.24) is 25.1 Å². The molecule has 0 saturated carbocycles. The zero-order valence-corrected chi connectivity index (χ0v) is 19.2. The molecule has 1 amide bonds. The average molecular weight is 460 g/mol. The number of hydrogen-bond donors (Lipinski definition) is 1. The van der Waals surface area contributed by atoms with Crippen molar-refractivity contribution in [3.8, 4) is 17.1 Å². The molecule has 168 valence electrons. The number of carbonyl (C=O) groups is 1. The van der Waals surface area contributed by atoms with Crippen LogP contribution in [0, 0.1) is 6.92 Å². The Morgan fingerprint density at radius 1 is 1.06 bits per heavy atom. The van der Waals surface area contributed by atoms with E-state index in [0.29, 0.717) is 24.9 Å².